The van der Waals surface area contributed by atoms with Crippen molar-refractivity contribution in [3.8, 4) is 0 Å². The standard InChI is InChI=1S/C6H13FIN/c1-6(7)3-4-9(2)5-8/h6H,3-5H2,1-2H3. The predicted molar refractivity (Wildman–Crippen MR) is 46.7 cm³/mol. The lowest BCUT2D eigenvalue weighted by Gasteiger charge is -2.12. The molecule has 0 aliphatic rings. The Kier molecular flexibility index (Phi) is 5.78. The molecule has 0 aromatic carbocycles. The Bertz CT molecular complexity index is 68.1. The Hall–Kier alpha value is 0.620. The molecule has 0 radical (unpaired) electrons. The van der Waals surface area contributed by atoms with Crippen molar-refractivity contribution in [2.24, 2.45) is 0 Å². The van der Waals surface area contributed by atoms with Crippen LogP contribution in [0.1, 0.15) is 13.3 Å². The second kappa shape index (κ2) is 5.41. The summed E-state index contributed by atoms with van der Waals surface area (Å²) in [5.74, 6) is 0. The minimum Gasteiger partial charge on any atom is -0.297 e. The molecule has 1 unspecified atom stereocenters. The van der Waals surface area contributed by atoms with Crippen LogP contribution in [0.5, 0.6) is 0 Å². The summed E-state index contributed by atoms with van der Waals surface area (Å²) in [6, 6.07) is 0. The SMILES string of the molecule is CC(F)CCN(C)CI. The Labute approximate surface area is 69.8 Å². The van der Waals surface area contributed by atoms with Gasteiger partial charge in [-0.25, -0.2) is 4.39 Å². The van der Waals surface area contributed by atoms with Gasteiger partial charge in [0.25, 0.3) is 0 Å². The van der Waals surface area contributed by atoms with Gasteiger partial charge in [-0.3, -0.25) is 4.90 Å². The zero-order valence-electron chi connectivity index (χ0n) is 5.90. The Morgan fingerprint density at radius 1 is 1.67 bits per heavy atom. The molecule has 0 saturated carbocycles. The summed E-state index contributed by atoms with van der Waals surface area (Å²) in [6.07, 6.45) is -0.00475. The van der Waals surface area contributed by atoms with Gasteiger partial charge in [0.1, 0.15) is 0 Å². The van der Waals surface area contributed by atoms with Crippen LogP contribution in [0.25, 0.3) is 0 Å². The number of hydrogen-bond donors (Lipinski definition) is 0. The maximum Gasteiger partial charge on any atom is 0.0985 e. The van der Waals surface area contributed by atoms with E-state index in [1.165, 1.54) is 0 Å². The van der Waals surface area contributed by atoms with Crippen molar-refractivity contribution in [1.82, 2.24) is 4.90 Å². The van der Waals surface area contributed by atoms with E-state index in [9.17, 15) is 4.39 Å². The van der Waals surface area contributed by atoms with Crippen molar-refractivity contribution in [1.29, 1.82) is 0 Å². The number of halogens is 2. The minimum absolute atomic E-state index is 0.652. The van der Waals surface area contributed by atoms with Gasteiger partial charge < -0.3 is 0 Å². The lowest BCUT2D eigenvalue weighted by atomic mass is 10.3. The summed E-state index contributed by atoms with van der Waals surface area (Å²) >= 11 is 2.26. The van der Waals surface area contributed by atoms with E-state index in [4.69, 9.17) is 0 Å². The van der Waals surface area contributed by atoms with Crippen molar-refractivity contribution in [3.05, 3.63) is 0 Å². The fraction of sp³-hybridized carbons (Fsp3) is 1.00. The van der Waals surface area contributed by atoms with Gasteiger partial charge in [0.05, 0.1) is 10.7 Å². The second-order valence-corrected chi connectivity index (χ2v) is 2.95. The van der Waals surface area contributed by atoms with Gasteiger partial charge in [-0.05, 0) is 20.4 Å². The average molecular weight is 245 g/mol. The lowest BCUT2D eigenvalue weighted by molar-refractivity contribution is 0.289. The molecule has 0 amide bonds. The second-order valence-electron chi connectivity index (χ2n) is 2.27. The fourth-order valence-corrected chi connectivity index (χ4v) is 0.799. The highest BCUT2D eigenvalue weighted by atomic mass is 127. The van der Waals surface area contributed by atoms with E-state index >= 15 is 0 Å². The van der Waals surface area contributed by atoms with Crippen LogP contribution in [0.4, 0.5) is 4.39 Å². The van der Waals surface area contributed by atoms with Gasteiger partial charge in [0.2, 0.25) is 0 Å². The highest BCUT2D eigenvalue weighted by Gasteiger charge is 1.99. The van der Waals surface area contributed by atoms with Crippen LogP contribution in [0.3, 0.4) is 0 Å². The predicted octanol–water partition coefficient (Wildman–Crippen LogP) is 2.06. The molecule has 0 saturated heterocycles. The Morgan fingerprint density at radius 3 is 2.56 bits per heavy atom. The molecule has 0 aromatic rings. The topological polar surface area (TPSA) is 3.24 Å². The van der Waals surface area contributed by atoms with Crippen molar-refractivity contribution in [2.75, 3.05) is 18.1 Å². The molecule has 9 heavy (non-hydrogen) atoms. The highest BCUT2D eigenvalue weighted by molar-refractivity contribution is 14.1. The molecule has 56 valence electrons. The fourth-order valence-electron chi connectivity index (χ4n) is 0.458. The summed E-state index contributed by atoms with van der Waals surface area (Å²) in [6.45, 7) is 2.46. The molecule has 0 fully saturated rings. The molecule has 0 aliphatic heterocycles. The first-order valence-corrected chi connectivity index (χ1v) is 4.58. The van der Waals surface area contributed by atoms with Crippen LogP contribution in [0.15, 0.2) is 0 Å². The van der Waals surface area contributed by atoms with E-state index in [-0.39, 0.29) is 0 Å². The van der Waals surface area contributed by atoms with Crippen molar-refractivity contribution in [3.63, 3.8) is 0 Å². The van der Waals surface area contributed by atoms with Crippen molar-refractivity contribution >= 4 is 22.6 Å². The van der Waals surface area contributed by atoms with Crippen LogP contribution in [-0.2, 0) is 0 Å². The summed E-state index contributed by atoms with van der Waals surface area (Å²) in [7, 11) is 1.99. The highest BCUT2D eigenvalue weighted by Crippen LogP contribution is 1.98. The van der Waals surface area contributed by atoms with E-state index in [0.717, 1.165) is 11.1 Å². The third-order valence-electron chi connectivity index (χ3n) is 1.11. The molecular formula is C6H13FIN. The van der Waals surface area contributed by atoms with Crippen LogP contribution in [-0.4, -0.2) is 29.2 Å². The first kappa shape index (κ1) is 9.62. The van der Waals surface area contributed by atoms with Gasteiger partial charge in [-0.15, -0.1) is 0 Å². The molecule has 3 heteroatoms. The lowest BCUT2D eigenvalue weighted by Crippen LogP contribution is -2.19. The number of rotatable bonds is 4. The molecule has 0 heterocycles. The van der Waals surface area contributed by atoms with Gasteiger partial charge in [0, 0.05) is 6.54 Å². The summed E-state index contributed by atoms with van der Waals surface area (Å²) in [4.78, 5) is 2.09. The van der Waals surface area contributed by atoms with E-state index < -0.39 is 6.17 Å². The molecule has 0 N–H and O–H groups in total. The maximum absolute atomic E-state index is 12.2. The summed E-state index contributed by atoms with van der Waals surface area (Å²) in [5, 5.41) is 0. The number of hydrogen-bond acceptors (Lipinski definition) is 1. The first-order chi connectivity index (χ1) is 4.16. The summed E-state index contributed by atoms with van der Waals surface area (Å²) < 4.78 is 13.1. The number of alkyl halides is 2. The van der Waals surface area contributed by atoms with E-state index in [2.05, 4.69) is 27.5 Å². The van der Waals surface area contributed by atoms with Gasteiger partial charge >= 0.3 is 0 Å². The van der Waals surface area contributed by atoms with Gasteiger partial charge in [0.15, 0.2) is 0 Å². The third kappa shape index (κ3) is 6.51. The van der Waals surface area contributed by atoms with Crippen molar-refractivity contribution < 1.29 is 4.39 Å². The molecule has 1 atom stereocenters. The zero-order chi connectivity index (χ0) is 7.28. The quantitative estimate of drug-likeness (QED) is 0.416. The zero-order valence-corrected chi connectivity index (χ0v) is 8.06. The van der Waals surface area contributed by atoms with E-state index in [1.54, 1.807) is 6.92 Å². The van der Waals surface area contributed by atoms with Crippen LogP contribution in [0.2, 0.25) is 0 Å². The van der Waals surface area contributed by atoms with E-state index in [0.29, 0.717) is 6.42 Å². The molecule has 0 aromatic heterocycles. The normalized spacial score (nSPS) is 14.3. The maximum atomic E-state index is 12.2. The van der Waals surface area contributed by atoms with Crippen LogP contribution < -0.4 is 0 Å². The van der Waals surface area contributed by atoms with Gasteiger partial charge in [-0.1, -0.05) is 22.6 Å². The van der Waals surface area contributed by atoms with Crippen LogP contribution in [0, 0.1) is 0 Å². The monoisotopic (exact) mass is 245 g/mol. The van der Waals surface area contributed by atoms with E-state index in [1.807, 2.05) is 7.05 Å². The number of nitrogens with zero attached hydrogens (tertiary/aromatic N) is 1. The van der Waals surface area contributed by atoms with Gasteiger partial charge in [-0.2, -0.15) is 0 Å². The molecule has 1 nitrogen and oxygen atoms in total. The van der Waals surface area contributed by atoms with Crippen molar-refractivity contribution in [2.45, 2.75) is 19.5 Å². The summed E-state index contributed by atoms with van der Waals surface area (Å²) in [5.41, 5.74) is 0. The molecule has 0 aliphatic carbocycles. The Balaban J connectivity index is 3.06. The molecule has 0 bridgehead atoms. The Morgan fingerprint density at radius 2 is 2.22 bits per heavy atom. The largest absolute Gasteiger partial charge is 0.297 e. The molecular weight excluding hydrogens is 232 g/mol. The van der Waals surface area contributed by atoms with Crippen LogP contribution >= 0.6 is 22.6 Å². The first-order valence-electron chi connectivity index (χ1n) is 3.05. The molecule has 0 spiro atoms. The minimum atomic E-state index is -0.657. The smallest absolute Gasteiger partial charge is 0.0985 e. The molecule has 0 rings (SSSR count). The third-order valence-corrected chi connectivity index (χ3v) is 2.28. The average Bonchev–Trinajstić information content (AvgIpc) is 1.83.